The van der Waals surface area contributed by atoms with E-state index in [-0.39, 0.29) is 0 Å². The van der Waals surface area contributed by atoms with Crippen molar-refractivity contribution in [3.8, 4) is 0 Å². The maximum absolute atomic E-state index is 5.69. The van der Waals surface area contributed by atoms with Gasteiger partial charge in [0, 0.05) is 16.4 Å². The van der Waals surface area contributed by atoms with E-state index in [2.05, 4.69) is 52.2 Å². The normalized spacial score (nSPS) is 10.3. The number of nitrogen functional groups attached to an aromatic ring is 1. The molecule has 1 aromatic carbocycles. The monoisotopic (exact) mass is 291 g/mol. The Balaban J connectivity index is 2.31. The summed E-state index contributed by atoms with van der Waals surface area (Å²) >= 11 is 3.55. The molecule has 0 spiro atoms. The molecule has 0 fully saturated rings. The molecule has 3 nitrogen and oxygen atoms in total. The van der Waals surface area contributed by atoms with Crippen LogP contribution in [-0.2, 0) is 0 Å². The molecule has 3 N–H and O–H groups in total. The third-order valence-electron chi connectivity index (χ3n) is 2.48. The van der Waals surface area contributed by atoms with Crippen LogP contribution in [0.5, 0.6) is 0 Å². The fourth-order valence-corrected chi connectivity index (χ4v) is 1.94. The molecule has 0 unspecified atom stereocenters. The van der Waals surface area contributed by atoms with Gasteiger partial charge in [0.05, 0.1) is 17.6 Å². The third kappa shape index (κ3) is 2.77. The number of halogens is 1. The van der Waals surface area contributed by atoms with Crippen LogP contribution in [0.4, 0.5) is 17.1 Å². The first-order valence-electron chi connectivity index (χ1n) is 5.30. The Morgan fingerprint density at radius 3 is 2.29 bits per heavy atom. The number of rotatable bonds is 2. The first kappa shape index (κ1) is 11.9. The Bertz CT molecular complexity index is 529. The maximum Gasteiger partial charge on any atom is 0.0591 e. The van der Waals surface area contributed by atoms with Crippen molar-refractivity contribution in [2.75, 3.05) is 11.1 Å². The second-order valence-electron chi connectivity index (χ2n) is 4.06. The van der Waals surface area contributed by atoms with Gasteiger partial charge in [0.2, 0.25) is 0 Å². The predicted octanol–water partition coefficient (Wildman–Crippen LogP) is 3.79. The number of hydrogen-bond donors (Lipinski definition) is 2. The molecule has 0 aliphatic heterocycles. The zero-order valence-electron chi connectivity index (χ0n) is 9.79. The van der Waals surface area contributed by atoms with Crippen LogP contribution in [0.15, 0.2) is 35.1 Å². The van der Waals surface area contributed by atoms with Crippen molar-refractivity contribution in [3.05, 3.63) is 46.2 Å². The highest BCUT2D eigenvalue weighted by Crippen LogP contribution is 2.27. The molecule has 1 heterocycles. The second-order valence-corrected chi connectivity index (χ2v) is 4.85. The van der Waals surface area contributed by atoms with Gasteiger partial charge in [0.1, 0.15) is 0 Å². The molecule has 0 atom stereocenters. The summed E-state index contributed by atoms with van der Waals surface area (Å²) in [5.74, 6) is 0. The Labute approximate surface area is 109 Å². The van der Waals surface area contributed by atoms with Gasteiger partial charge in [0.15, 0.2) is 0 Å². The fourth-order valence-electron chi connectivity index (χ4n) is 1.71. The molecule has 88 valence electrons. The lowest BCUT2D eigenvalue weighted by Gasteiger charge is -2.10. The van der Waals surface area contributed by atoms with Crippen LogP contribution in [0.2, 0.25) is 0 Å². The van der Waals surface area contributed by atoms with E-state index in [4.69, 9.17) is 5.73 Å². The Morgan fingerprint density at radius 2 is 1.71 bits per heavy atom. The molecule has 0 amide bonds. The quantitative estimate of drug-likeness (QED) is 0.885. The van der Waals surface area contributed by atoms with Crippen LogP contribution >= 0.6 is 15.9 Å². The van der Waals surface area contributed by atoms with Crippen LogP contribution in [0.25, 0.3) is 0 Å². The Morgan fingerprint density at radius 1 is 1.06 bits per heavy atom. The van der Waals surface area contributed by atoms with Gasteiger partial charge in [-0.3, -0.25) is 4.98 Å². The summed E-state index contributed by atoms with van der Waals surface area (Å²) in [5, 5.41) is 3.29. The zero-order chi connectivity index (χ0) is 12.4. The Kier molecular flexibility index (Phi) is 3.33. The molecular formula is C13H14BrN3. The van der Waals surface area contributed by atoms with Crippen LogP contribution in [0, 0.1) is 13.8 Å². The minimum absolute atomic E-state index is 0.653. The lowest BCUT2D eigenvalue weighted by molar-refractivity contribution is 1.31. The lowest BCUT2D eigenvalue weighted by Crippen LogP contribution is -1.95. The average molecular weight is 292 g/mol. The van der Waals surface area contributed by atoms with E-state index in [0.29, 0.717) is 5.69 Å². The summed E-state index contributed by atoms with van der Waals surface area (Å²) in [6.07, 6.45) is 3.38. The highest BCUT2D eigenvalue weighted by atomic mass is 79.9. The number of nitrogens with one attached hydrogen (secondary N) is 1. The molecule has 2 aromatic rings. The van der Waals surface area contributed by atoms with Crippen molar-refractivity contribution >= 4 is 33.0 Å². The SMILES string of the molecule is Cc1cc(Nc2cncc(N)c2)cc(C)c1Br. The maximum atomic E-state index is 5.69. The number of aryl methyl sites for hydroxylation is 2. The van der Waals surface area contributed by atoms with Crippen molar-refractivity contribution in [2.45, 2.75) is 13.8 Å². The van der Waals surface area contributed by atoms with Gasteiger partial charge >= 0.3 is 0 Å². The predicted molar refractivity (Wildman–Crippen MR) is 75.5 cm³/mol. The van der Waals surface area contributed by atoms with E-state index in [1.54, 1.807) is 12.4 Å². The van der Waals surface area contributed by atoms with Gasteiger partial charge in [0.25, 0.3) is 0 Å². The van der Waals surface area contributed by atoms with Gasteiger partial charge in [-0.25, -0.2) is 0 Å². The first-order valence-corrected chi connectivity index (χ1v) is 6.10. The standard InChI is InChI=1S/C13H14BrN3/c1-8-3-11(4-9(2)13(8)14)17-12-5-10(15)6-16-7-12/h3-7,17H,15H2,1-2H3. The number of pyridine rings is 1. The summed E-state index contributed by atoms with van der Waals surface area (Å²) < 4.78 is 1.15. The molecule has 0 radical (unpaired) electrons. The number of aromatic nitrogens is 1. The van der Waals surface area contributed by atoms with Gasteiger partial charge < -0.3 is 11.1 Å². The Hall–Kier alpha value is -1.55. The van der Waals surface area contributed by atoms with E-state index >= 15 is 0 Å². The van der Waals surface area contributed by atoms with Gasteiger partial charge in [-0.15, -0.1) is 0 Å². The van der Waals surface area contributed by atoms with Crippen molar-refractivity contribution in [3.63, 3.8) is 0 Å². The third-order valence-corrected chi connectivity index (χ3v) is 3.74. The largest absolute Gasteiger partial charge is 0.397 e. The minimum atomic E-state index is 0.653. The average Bonchev–Trinajstić information content (AvgIpc) is 2.26. The molecular weight excluding hydrogens is 278 g/mol. The van der Waals surface area contributed by atoms with Crippen LogP contribution < -0.4 is 11.1 Å². The van der Waals surface area contributed by atoms with Gasteiger partial charge in [-0.2, -0.15) is 0 Å². The summed E-state index contributed by atoms with van der Waals surface area (Å²) in [7, 11) is 0. The number of nitrogens with two attached hydrogens (primary N) is 1. The molecule has 0 aliphatic rings. The summed E-state index contributed by atoms with van der Waals surface area (Å²) in [4.78, 5) is 4.05. The lowest BCUT2D eigenvalue weighted by atomic mass is 10.1. The van der Waals surface area contributed by atoms with Crippen molar-refractivity contribution in [2.24, 2.45) is 0 Å². The number of hydrogen-bond acceptors (Lipinski definition) is 3. The molecule has 0 bridgehead atoms. The highest BCUT2D eigenvalue weighted by Gasteiger charge is 2.03. The van der Waals surface area contributed by atoms with E-state index in [1.807, 2.05) is 6.07 Å². The second kappa shape index (κ2) is 4.75. The van der Waals surface area contributed by atoms with E-state index in [0.717, 1.165) is 15.8 Å². The molecule has 2 rings (SSSR count). The molecule has 0 saturated heterocycles. The summed E-state index contributed by atoms with van der Waals surface area (Å²) in [6, 6.07) is 6.03. The smallest absolute Gasteiger partial charge is 0.0591 e. The number of nitrogens with zero attached hydrogens (tertiary/aromatic N) is 1. The molecule has 4 heteroatoms. The van der Waals surface area contributed by atoms with Crippen molar-refractivity contribution in [1.29, 1.82) is 0 Å². The topological polar surface area (TPSA) is 50.9 Å². The first-order chi connectivity index (χ1) is 8.06. The van der Waals surface area contributed by atoms with Gasteiger partial charge in [-0.1, -0.05) is 15.9 Å². The van der Waals surface area contributed by atoms with Crippen LogP contribution in [0.3, 0.4) is 0 Å². The summed E-state index contributed by atoms with van der Waals surface area (Å²) in [6.45, 7) is 4.14. The fraction of sp³-hybridized carbons (Fsp3) is 0.154. The molecule has 0 aliphatic carbocycles. The zero-order valence-corrected chi connectivity index (χ0v) is 11.4. The van der Waals surface area contributed by atoms with Crippen LogP contribution in [-0.4, -0.2) is 4.98 Å². The van der Waals surface area contributed by atoms with E-state index < -0.39 is 0 Å². The van der Waals surface area contributed by atoms with Gasteiger partial charge in [-0.05, 0) is 43.2 Å². The molecule has 1 aromatic heterocycles. The van der Waals surface area contributed by atoms with E-state index in [1.165, 1.54) is 11.1 Å². The molecule has 17 heavy (non-hydrogen) atoms. The van der Waals surface area contributed by atoms with Crippen molar-refractivity contribution < 1.29 is 0 Å². The minimum Gasteiger partial charge on any atom is -0.397 e. The molecule has 0 saturated carbocycles. The summed E-state index contributed by atoms with van der Waals surface area (Å²) in [5.41, 5.74) is 10.7. The van der Waals surface area contributed by atoms with Crippen LogP contribution in [0.1, 0.15) is 11.1 Å². The number of anilines is 3. The van der Waals surface area contributed by atoms with E-state index in [9.17, 15) is 0 Å². The number of benzene rings is 1. The van der Waals surface area contributed by atoms with Crippen molar-refractivity contribution in [1.82, 2.24) is 4.98 Å². The highest BCUT2D eigenvalue weighted by molar-refractivity contribution is 9.10.